The Labute approximate surface area is 104 Å². The zero-order valence-electron chi connectivity index (χ0n) is 9.56. The molecule has 0 spiro atoms. The third-order valence-electron chi connectivity index (χ3n) is 3.11. The van der Waals surface area contributed by atoms with Crippen molar-refractivity contribution in [3.05, 3.63) is 22.7 Å². The summed E-state index contributed by atoms with van der Waals surface area (Å²) < 4.78 is 5.31. The third-order valence-corrected chi connectivity index (χ3v) is 3.79. The number of thiophene rings is 1. The van der Waals surface area contributed by atoms with Crippen molar-refractivity contribution in [1.29, 1.82) is 0 Å². The molecule has 1 aliphatic heterocycles. The number of aromatic nitrogens is 2. The summed E-state index contributed by atoms with van der Waals surface area (Å²) in [6, 6.07) is 2.02. The molecule has 1 fully saturated rings. The molecule has 3 rings (SSSR count). The van der Waals surface area contributed by atoms with E-state index in [4.69, 9.17) is 4.52 Å². The van der Waals surface area contributed by atoms with Gasteiger partial charge in [-0.25, -0.2) is 0 Å². The minimum Gasteiger partial charge on any atom is -0.339 e. The highest BCUT2D eigenvalue weighted by Gasteiger charge is 2.17. The van der Waals surface area contributed by atoms with Gasteiger partial charge in [-0.15, -0.1) is 0 Å². The fourth-order valence-electron chi connectivity index (χ4n) is 2.19. The van der Waals surface area contributed by atoms with Gasteiger partial charge in [-0.05, 0) is 43.3 Å². The third kappa shape index (κ3) is 2.56. The number of rotatable bonds is 3. The molecule has 5 heteroatoms. The maximum atomic E-state index is 5.31. The lowest BCUT2D eigenvalue weighted by molar-refractivity contribution is 0.316. The second-order valence-electron chi connectivity index (χ2n) is 4.44. The molecule has 1 aliphatic rings. The van der Waals surface area contributed by atoms with E-state index in [1.54, 1.807) is 11.3 Å². The smallest absolute Gasteiger partial charge is 0.227 e. The van der Waals surface area contributed by atoms with Crippen molar-refractivity contribution < 1.29 is 4.52 Å². The average molecular weight is 249 g/mol. The maximum Gasteiger partial charge on any atom is 0.227 e. The zero-order chi connectivity index (χ0) is 11.5. The summed E-state index contributed by atoms with van der Waals surface area (Å²) in [5, 5.41) is 11.5. The van der Waals surface area contributed by atoms with Crippen LogP contribution in [-0.4, -0.2) is 23.2 Å². The summed E-state index contributed by atoms with van der Waals surface area (Å²) in [7, 11) is 0. The van der Waals surface area contributed by atoms with E-state index in [0.717, 1.165) is 31.0 Å². The highest BCUT2D eigenvalue weighted by molar-refractivity contribution is 7.08. The van der Waals surface area contributed by atoms with E-state index in [1.165, 1.54) is 12.8 Å². The molecule has 0 bridgehead atoms. The van der Waals surface area contributed by atoms with Crippen LogP contribution >= 0.6 is 11.3 Å². The molecule has 0 aliphatic carbocycles. The van der Waals surface area contributed by atoms with Crippen LogP contribution in [0, 0.1) is 5.92 Å². The summed E-state index contributed by atoms with van der Waals surface area (Å²) >= 11 is 1.65. The topological polar surface area (TPSA) is 51.0 Å². The fraction of sp³-hybridized carbons (Fsp3) is 0.500. The molecule has 17 heavy (non-hydrogen) atoms. The maximum absolute atomic E-state index is 5.31. The van der Waals surface area contributed by atoms with Gasteiger partial charge in [0.15, 0.2) is 0 Å². The monoisotopic (exact) mass is 249 g/mol. The number of nitrogens with zero attached hydrogens (tertiary/aromatic N) is 2. The summed E-state index contributed by atoms with van der Waals surface area (Å²) in [4.78, 5) is 4.45. The SMILES string of the molecule is c1cc(-c2noc(C[C@@H]3CCCNC3)n2)cs1. The lowest BCUT2D eigenvalue weighted by Crippen LogP contribution is -2.30. The predicted molar refractivity (Wildman–Crippen MR) is 66.9 cm³/mol. The molecule has 1 N–H and O–H groups in total. The van der Waals surface area contributed by atoms with Crippen molar-refractivity contribution in [3.63, 3.8) is 0 Å². The first kappa shape index (κ1) is 10.9. The van der Waals surface area contributed by atoms with Gasteiger partial charge in [0.2, 0.25) is 11.7 Å². The van der Waals surface area contributed by atoms with Gasteiger partial charge >= 0.3 is 0 Å². The zero-order valence-corrected chi connectivity index (χ0v) is 10.4. The van der Waals surface area contributed by atoms with Crippen LogP contribution < -0.4 is 5.32 Å². The van der Waals surface area contributed by atoms with Gasteiger partial charge in [0.25, 0.3) is 0 Å². The molecule has 0 amide bonds. The highest BCUT2D eigenvalue weighted by atomic mass is 32.1. The molecule has 2 aromatic heterocycles. The van der Waals surface area contributed by atoms with E-state index in [0.29, 0.717) is 11.7 Å². The Bertz CT molecular complexity index is 460. The molecular weight excluding hydrogens is 234 g/mol. The first-order chi connectivity index (χ1) is 8.42. The van der Waals surface area contributed by atoms with Gasteiger partial charge in [-0.1, -0.05) is 5.16 Å². The van der Waals surface area contributed by atoms with E-state index in [9.17, 15) is 0 Å². The molecule has 0 radical (unpaired) electrons. The first-order valence-corrected chi connectivity index (χ1v) is 6.92. The van der Waals surface area contributed by atoms with Gasteiger partial charge < -0.3 is 9.84 Å². The van der Waals surface area contributed by atoms with Gasteiger partial charge in [0.05, 0.1) is 0 Å². The van der Waals surface area contributed by atoms with Crippen LogP contribution in [0.4, 0.5) is 0 Å². The molecular formula is C12H15N3OS. The Morgan fingerprint density at radius 3 is 3.29 bits per heavy atom. The molecule has 3 heterocycles. The Balaban J connectivity index is 1.68. The van der Waals surface area contributed by atoms with E-state index < -0.39 is 0 Å². The van der Waals surface area contributed by atoms with Crippen molar-refractivity contribution >= 4 is 11.3 Å². The molecule has 1 atom stereocenters. The number of nitrogens with one attached hydrogen (secondary N) is 1. The second kappa shape index (κ2) is 4.98. The van der Waals surface area contributed by atoms with Crippen LogP contribution in [0.5, 0.6) is 0 Å². The van der Waals surface area contributed by atoms with E-state index in [-0.39, 0.29) is 0 Å². The van der Waals surface area contributed by atoms with Crippen molar-refractivity contribution in [2.24, 2.45) is 5.92 Å². The minimum absolute atomic E-state index is 0.638. The van der Waals surface area contributed by atoms with Gasteiger partial charge in [0.1, 0.15) is 0 Å². The van der Waals surface area contributed by atoms with Crippen LogP contribution in [0.3, 0.4) is 0 Å². The Morgan fingerprint density at radius 1 is 1.53 bits per heavy atom. The van der Waals surface area contributed by atoms with Crippen LogP contribution in [0.15, 0.2) is 21.3 Å². The Morgan fingerprint density at radius 2 is 2.53 bits per heavy atom. The average Bonchev–Trinajstić information content (AvgIpc) is 3.00. The molecule has 1 saturated heterocycles. The largest absolute Gasteiger partial charge is 0.339 e. The molecule has 0 saturated carbocycles. The molecule has 2 aromatic rings. The molecule has 0 aromatic carbocycles. The summed E-state index contributed by atoms with van der Waals surface area (Å²) in [5.41, 5.74) is 1.05. The standard InChI is InChI=1S/C12H15N3OS/c1-2-9(7-13-4-1)6-11-14-12(15-16-11)10-3-5-17-8-10/h3,5,8-9,13H,1-2,4,6-7H2/t9-/m0/s1. The van der Waals surface area contributed by atoms with Crippen molar-refractivity contribution in [2.75, 3.05) is 13.1 Å². The van der Waals surface area contributed by atoms with Gasteiger partial charge in [-0.2, -0.15) is 16.3 Å². The van der Waals surface area contributed by atoms with Crippen LogP contribution in [0.2, 0.25) is 0 Å². The normalized spacial score (nSPS) is 20.6. The van der Waals surface area contributed by atoms with Crippen LogP contribution in [0.25, 0.3) is 11.4 Å². The van der Waals surface area contributed by atoms with Gasteiger partial charge in [0, 0.05) is 17.4 Å². The second-order valence-corrected chi connectivity index (χ2v) is 5.22. The highest BCUT2D eigenvalue weighted by Crippen LogP contribution is 2.21. The van der Waals surface area contributed by atoms with Crippen LogP contribution in [-0.2, 0) is 6.42 Å². The fourth-order valence-corrected chi connectivity index (χ4v) is 2.83. The van der Waals surface area contributed by atoms with E-state index in [2.05, 4.69) is 15.5 Å². The summed E-state index contributed by atoms with van der Waals surface area (Å²) in [6.45, 7) is 2.21. The number of piperidine rings is 1. The lowest BCUT2D eigenvalue weighted by Gasteiger charge is -2.20. The molecule has 90 valence electrons. The summed E-state index contributed by atoms with van der Waals surface area (Å²) in [5.74, 6) is 2.12. The number of hydrogen-bond donors (Lipinski definition) is 1. The van der Waals surface area contributed by atoms with E-state index >= 15 is 0 Å². The van der Waals surface area contributed by atoms with Crippen LogP contribution in [0.1, 0.15) is 18.7 Å². The Hall–Kier alpha value is -1.20. The molecule has 4 nitrogen and oxygen atoms in total. The molecule has 0 unspecified atom stereocenters. The predicted octanol–water partition coefficient (Wildman–Crippen LogP) is 2.34. The summed E-state index contributed by atoms with van der Waals surface area (Å²) in [6.07, 6.45) is 3.39. The first-order valence-electron chi connectivity index (χ1n) is 5.98. The van der Waals surface area contributed by atoms with E-state index in [1.807, 2.05) is 16.8 Å². The quantitative estimate of drug-likeness (QED) is 0.907. The Kier molecular flexibility index (Phi) is 3.20. The lowest BCUT2D eigenvalue weighted by atomic mass is 9.96. The van der Waals surface area contributed by atoms with Crippen molar-refractivity contribution in [3.8, 4) is 11.4 Å². The van der Waals surface area contributed by atoms with Crippen molar-refractivity contribution in [1.82, 2.24) is 15.5 Å². The van der Waals surface area contributed by atoms with Gasteiger partial charge in [-0.3, -0.25) is 0 Å². The van der Waals surface area contributed by atoms with Crippen molar-refractivity contribution in [2.45, 2.75) is 19.3 Å². The minimum atomic E-state index is 0.638. The number of hydrogen-bond acceptors (Lipinski definition) is 5.